The van der Waals surface area contributed by atoms with Crippen LogP contribution < -0.4 is 5.32 Å². The quantitative estimate of drug-likeness (QED) is 0.289. The molecule has 0 radical (unpaired) electrons. The predicted molar refractivity (Wildman–Crippen MR) is 145 cm³/mol. The second kappa shape index (κ2) is 10.7. The molecule has 0 spiro atoms. The number of rotatable bonds is 7. The van der Waals surface area contributed by atoms with Crippen LogP contribution in [0.2, 0.25) is 0 Å². The van der Waals surface area contributed by atoms with Crippen molar-refractivity contribution in [2.75, 3.05) is 5.32 Å². The summed E-state index contributed by atoms with van der Waals surface area (Å²) in [5.41, 5.74) is 7.43. The van der Waals surface area contributed by atoms with Crippen molar-refractivity contribution in [1.82, 2.24) is 0 Å². The standard InChI is InChI=1S/C32H31N/c1-4-5-7-19-27(24(2)3)32(33-31-23-14-18-26-17-10-11-21-29(26)31)30-22-13-12-20-28(30)25-15-8-6-9-16-25/h4-23,32-33H,1-3H3/b5-4-,19-7-. The van der Waals surface area contributed by atoms with E-state index in [0.717, 1.165) is 5.69 Å². The van der Waals surface area contributed by atoms with E-state index in [2.05, 4.69) is 141 Å². The lowest BCUT2D eigenvalue weighted by atomic mass is 9.88. The number of fused-ring (bicyclic) bond motifs is 1. The normalized spacial score (nSPS) is 12.3. The second-order valence-electron chi connectivity index (χ2n) is 8.40. The van der Waals surface area contributed by atoms with Gasteiger partial charge >= 0.3 is 0 Å². The highest BCUT2D eigenvalue weighted by atomic mass is 14.9. The maximum atomic E-state index is 3.92. The van der Waals surface area contributed by atoms with Crippen molar-refractivity contribution in [2.45, 2.75) is 26.8 Å². The molecular weight excluding hydrogens is 398 g/mol. The van der Waals surface area contributed by atoms with Crippen molar-refractivity contribution in [3.63, 3.8) is 0 Å². The largest absolute Gasteiger partial charge is 0.374 e. The van der Waals surface area contributed by atoms with Crippen LogP contribution in [0.3, 0.4) is 0 Å². The van der Waals surface area contributed by atoms with E-state index in [0.29, 0.717) is 0 Å². The van der Waals surface area contributed by atoms with Crippen LogP contribution in [0.5, 0.6) is 0 Å². The monoisotopic (exact) mass is 429 g/mol. The highest BCUT2D eigenvalue weighted by molar-refractivity contribution is 5.94. The number of allylic oxidation sites excluding steroid dienone is 4. The number of hydrogen-bond acceptors (Lipinski definition) is 1. The Labute approximate surface area is 197 Å². The van der Waals surface area contributed by atoms with E-state index >= 15 is 0 Å². The topological polar surface area (TPSA) is 12.0 Å². The Morgan fingerprint density at radius 2 is 1.42 bits per heavy atom. The molecule has 33 heavy (non-hydrogen) atoms. The first-order valence-corrected chi connectivity index (χ1v) is 11.5. The Morgan fingerprint density at radius 3 is 2.21 bits per heavy atom. The van der Waals surface area contributed by atoms with Crippen LogP contribution in [0.1, 0.15) is 32.4 Å². The van der Waals surface area contributed by atoms with E-state index in [1.165, 1.54) is 38.6 Å². The minimum Gasteiger partial charge on any atom is -0.374 e. The summed E-state index contributed by atoms with van der Waals surface area (Å²) in [6.07, 6.45) is 8.51. The van der Waals surface area contributed by atoms with Gasteiger partial charge in [0, 0.05) is 11.1 Å². The van der Waals surface area contributed by atoms with E-state index in [4.69, 9.17) is 0 Å². The van der Waals surface area contributed by atoms with Gasteiger partial charge in [-0.05, 0) is 54.5 Å². The molecule has 0 aliphatic rings. The Balaban J connectivity index is 1.90. The molecule has 1 N–H and O–H groups in total. The van der Waals surface area contributed by atoms with E-state index < -0.39 is 0 Å². The van der Waals surface area contributed by atoms with Gasteiger partial charge in [0.25, 0.3) is 0 Å². The molecule has 0 aliphatic carbocycles. The van der Waals surface area contributed by atoms with Gasteiger partial charge in [0.05, 0.1) is 6.04 Å². The minimum atomic E-state index is -0.00119. The second-order valence-corrected chi connectivity index (χ2v) is 8.40. The van der Waals surface area contributed by atoms with E-state index in [1.54, 1.807) is 0 Å². The van der Waals surface area contributed by atoms with Crippen LogP contribution in [-0.4, -0.2) is 0 Å². The molecule has 1 nitrogen and oxygen atoms in total. The number of hydrogen-bond donors (Lipinski definition) is 1. The fourth-order valence-corrected chi connectivity index (χ4v) is 4.28. The molecule has 1 heteroatoms. The van der Waals surface area contributed by atoms with Crippen molar-refractivity contribution in [3.05, 3.63) is 138 Å². The Kier molecular flexibility index (Phi) is 7.22. The van der Waals surface area contributed by atoms with Crippen LogP contribution in [0.15, 0.2) is 133 Å². The molecule has 1 unspecified atom stereocenters. The zero-order chi connectivity index (χ0) is 23.0. The van der Waals surface area contributed by atoms with Crippen LogP contribution in [0.25, 0.3) is 21.9 Å². The molecule has 0 saturated heterocycles. The molecule has 164 valence electrons. The summed E-state index contributed by atoms with van der Waals surface area (Å²) in [5, 5.41) is 6.39. The highest BCUT2D eigenvalue weighted by Crippen LogP contribution is 2.37. The smallest absolute Gasteiger partial charge is 0.0773 e. The van der Waals surface area contributed by atoms with Crippen molar-refractivity contribution >= 4 is 16.5 Å². The first kappa shape index (κ1) is 22.4. The molecule has 0 aromatic heterocycles. The van der Waals surface area contributed by atoms with Crippen LogP contribution in [0, 0.1) is 0 Å². The molecule has 0 bridgehead atoms. The Bertz CT molecular complexity index is 1300. The number of benzene rings is 4. The summed E-state index contributed by atoms with van der Waals surface area (Å²) in [7, 11) is 0. The summed E-state index contributed by atoms with van der Waals surface area (Å²) in [6.45, 7) is 6.43. The maximum Gasteiger partial charge on any atom is 0.0773 e. The fraction of sp³-hybridized carbons (Fsp3) is 0.125. The average molecular weight is 430 g/mol. The third-order valence-corrected chi connectivity index (χ3v) is 5.91. The fourth-order valence-electron chi connectivity index (χ4n) is 4.28. The van der Waals surface area contributed by atoms with Crippen molar-refractivity contribution in [2.24, 2.45) is 0 Å². The van der Waals surface area contributed by atoms with Gasteiger partial charge in [0.2, 0.25) is 0 Å². The molecule has 0 aliphatic heterocycles. The summed E-state index contributed by atoms with van der Waals surface area (Å²) in [6, 6.07) is 34.4. The molecular formula is C32H31N. The van der Waals surface area contributed by atoms with Gasteiger partial charge in [-0.2, -0.15) is 0 Å². The van der Waals surface area contributed by atoms with E-state index in [1.807, 2.05) is 6.92 Å². The van der Waals surface area contributed by atoms with Crippen molar-refractivity contribution < 1.29 is 0 Å². The zero-order valence-electron chi connectivity index (χ0n) is 19.6. The molecule has 0 fully saturated rings. The summed E-state index contributed by atoms with van der Waals surface area (Å²) < 4.78 is 0. The zero-order valence-corrected chi connectivity index (χ0v) is 19.6. The third-order valence-electron chi connectivity index (χ3n) is 5.91. The van der Waals surface area contributed by atoms with Gasteiger partial charge in [-0.3, -0.25) is 0 Å². The lowest BCUT2D eigenvalue weighted by Gasteiger charge is -2.26. The predicted octanol–water partition coefficient (Wildman–Crippen LogP) is 9.13. The number of nitrogens with one attached hydrogen (secondary N) is 1. The third kappa shape index (κ3) is 5.15. The van der Waals surface area contributed by atoms with Gasteiger partial charge in [-0.15, -0.1) is 0 Å². The van der Waals surface area contributed by atoms with E-state index in [9.17, 15) is 0 Å². The Morgan fingerprint density at radius 1 is 0.727 bits per heavy atom. The van der Waals surface area contributed by atoms with Gasteiger partial charge in [0.15, 0.2) is 0 Å². The average Bonchev–Trinajstić information content (AvgIpc) is 2.86. The maximum absolute atomic E-state index is 3.92. The van der Waals surface area contributed by atoms with Crippen LogP contribution in [-0.2, 0) is 0 Å². The SMILES string of the molecule is C/C=C\C=C/C(=C(C)C)C(Nc1cccc2ccccc12)c1ccccc1-c1ccccc1. The molecule has 1 atom stereocenters. The summed E-state index contributed by atoms with van der Waals surface area (Å²) >= 11 is 0. The first-order valence-electron chi connectivity index (χ1n) is 11.5. The van der Waals surface area contributed by atoms with Crippen molar-refractivity contribution in [3.8, 4) is 11.1 Å². The molecule has 0 amide bonds. The summed E-state index contributed by atoms with van der Waals surface area (Å²) in [4.78, 5) is 0. The molecule has 4 rings (SSSR count). The van der Waals surface area contributed by atoms with Gasteiger partial charge in [0.1, 0.15) is 0 Å². The lowest BCUT2D eigenvalue weighted by molar-refractivity contribution is 0.924. The first-order chi connectivity index (χ1) is 16.2. The molecule has 0 heterocycles. The van der Waals surface area contributed by atoms with Gasteiger partial charge < -0.3 is 5.32 Å². The van der Waals surface area contributed by atoms with Gasteiger partial charge in [-0.1, -0.05) is 121 Å². The van der Waals surface area contributed by atoms with Crippen LogP contribution in [0.4, 0.5) is 5.69 Å². The van der Waals surface area contributed by atoms with Gasteiger partial charge in [-0.25, -0.2) is 0 Å². The highest BCUT2D eigenvalue weighted by Gasteiger charge is 2.20. The minimum absolute atomic E-state index is 0.00119. The Hall–Kier alpha value is -3.84. The molecule has 0 saturated carbocycles. The number of anilines is 1. The van der Waals surface area contributed by atoms with Crippen LogP contribution >= 0.6 is 0 Å². The van der Waals surface area contributed by atoms with E-state index in [-0.39, 0.29) is 6.04 Å². The van der Waals surface area contributed by atoms with Crippen molar-refractivity contribution in [1.29, 1.82) is 0 Å². The summed E-state index contributed by atoms with van der Waals surface area (Å²) in [5.74, 6) is 0. The lowest BCUT2D eigenvalue weighted by Crippen LogP contribution is -2.15. The molecule has 4 aromatic rings. The molecule has 4 aromatic carbocycles.